The van der Waals surface area contributed by atoms with Crippen LogP contribution in [0, 0.1) is 0 Å². The van der Waals surface area contributed by atoms with E-state index >= 15 is 0 Å². The van der Waals surface area contributed by atoms with Gasteiger partial charge in [0, 0.05) is 19.3 Å². The first-order chi connectivity index (χ1) is 36.0. The van der Waals surface area contributed by atoms with E-state index in [0.717, 1.165) is 135 Å². The highest BCUT2D eigenvalue weighted by Crippen LogP contribution is 2.14. The summed E-state index contributed by atoms with van der Waals surface area (Å²) in [7, 11) is 0. The number of unbranched alkanes of at least 4 members (excludes halogenated alkanes) is 19. The van der Waals surface area contributed by atoms with Gasteiger partial charge in [0.15, 0.2) is 6.10 Å². The molecule has 0 rings (SSSR count). The Hall–Kier alpha value is -4.45. The molecule has 6 heteroatoms. The first-order valence-corrected chi connectivity index (χ1v) is 29.7. The number of carbonyl (C=O) groups is 3. The highest BCUT2D eigenvalue weighted by Gasteiger charge is 2.19. The quantitative estimate of drug-likeness (QED) is 0.0261. The molecule has 73 heavy (non-hydrogen) atoms. The summed E-state index contributed by atoms with van der Waals surface area (Å²) in [5.74, 6) is -1.00. The number of allylic oxidation sites excluding steroid dienone is 22. The van der Waals surface area contributed by atoms with Crippen molar-refractivity contribution >= 4 is 17.9 Å². The van der Waals surface area contributed by atoms with Crippen molar-refractivity contribution in [3.63, 3.8) is 0 Å². The molecule has 1 atom stereocenters. The number of hydrogen-bond acceptors (Lipinski definition) is 6. The Morgan fingerprint density at radius 1 is 0.288 bits per heavy atom. The van der Waals surface area contributed by atoms with Gasteiger partial charge < -0.3 is 14.2 Å². The molecule has 0 fully saturated rings. The van der Waals surface area contributed by atoms with E-state index in [1.54, 1.807) is 0 Å². The van der Waals surface area contributed by atoms with Crippen molar-refractivity contribution in [2.75, 3.05) is 13.2 Å². The molecule has 0 spiro atoms. The minimum atomic E-state index is -0.824. The fourth-order valence-electron chi connectivity index (χ4n) is 7.73. The fourth-order valence-corrected chi connectivity index (χ4v) is 7.73. The molecule has 0 aromatic heterocycles. The zero-order chi connectivity index (χ0) is 52.9. The summed E-state index contributed by atoms with van der Waals surface area (Å²) >= 11 is 0. The van der Waals surface area contributed by atoms with Crippen LogP contribution in [0.4, 0.5) is 0 Å². The third-order valence-electron chi connectivity index (χ3n) is 12.1. The van der Waals surface area contributed by atoms with E-state index in [4.69, 9.17) is 14.2 Å². The number of esters is 3. The van der Waals surface area contributed by atoms with Gasteiger partial charge in [0.2, 0.25) is 0 Å². The maximum Gasteiger partial charge on any atom is 0.306 e. The molecule has 0 saturated carbocycles. The average Bonchev–Trinajstić information content (AvgIpc) is 3.39. The lowest BCUT2D eigenvalue weighted by Crippen LogP contribution is -2.30. The van der Waals surface area contributed by atoms with Crippen LogP contribution < -0.4 is 0 Å². The zero-order valence-corrected chi connectivity index (χ0v) is 47.1. The van der Waals surface area contributed by atoms with Crippen molar-refractivity contribution in [1.29, 1.82) is 0 Å². The molecule has 0 amide bonds. The van der Waals surface area contributed by atoms with Crippen molar-refractivity contribution in [2.24, 2.45) is 0 Å². The van der Waals surface area contributed by atoms with Crippen LogP contribution in [-0.4, -0.2) is 37.2 Å². The van der Waals surface area contributed by atoms with Crippen molar-refractivity contribution in [3.05, 3.63) is 134 Å². The SMILES string of the molecule is CC/C=C\C/C=C\C/C=C\C/C=C\C/C=C\CCCC(=O)OC(COC(=O)CCCCCCC/C=C\C/C=C\C/C=C\CC)COC(=O)CCCCCCCCCC/C=C\C/C=C\C/C=C\CCCCCCC. The summed E-state index contributed by atoms with van der Waals surface area (Å²) in [6, 6.07) is 0. The molecule has 0 saturated heterocycles. The lowest BCUT2D eigenvalue weighted by atomic mass is 10.1. The van der Waals surface area contributed by atoms with Crippen LogP contribution in [0.1, 0.15) is 252 Å². The summed E-state index contributed by atoms with van der Waals surface area (Å²) in [6.07, 6.45) is 84.5. The molecule has 0 bridgehead atoms. The van der Waals surface area contributed by atoms with Crippen LogP contribution in [-0.2, 0) is 28.6 Å². The summed E-state index contributed by atoms with van der Waals surface area (Å²) in [5.41, 5.74) is 0. The normalized spacial score (nSPS) is 13.1. The van der Waals surface area contributed by atoms with E-state index in [9.17, 15) is 14.4 Å². The summed E-state index contributed by atoms with van der Waals surface area (Å²) in [4.78, 5) is 38.2. The Morgan fingerprint density at radius 2 is 0.548 bits per heavy atom. The Bertz CT molecular complexity index is 1580. The van der Waals surface area contributed by atoms with E-state index < -0.39 is 6.10 Å². The van der Waals surface area contributed by atoms with E-state index in [1.165, 1.54) is 70.6 Å². The van der Waals surface area contributed by atoms with E-state index in [2.05, 4.69) is 154 Å². The van der Waals surface area contributed by atoms with Gasteiger partial charge in [0.05, 0.1) is 0 Å². The molecule has 0 aliphatic rings. The summed E-state index contributed by atoms with van der Waals surface area (Å²) in [5, 5.41) is 0. The molecule has 0 aromatic carbocycles. The molecule has 1 unspecified atom stereocenters. The minimum absolute atomic E-state index is 0.115. The molecular weight excluding hydrogens is 901 g/mol. The standard InChI is InChI=1S/C67H108O6/c1-4-7-10-13-16-19-22-25-28-30-31-32-33-34-35-37-39-42-45-48-51-54-57-60-66(69)72-63-64(62-71-65(68)59-56-53-50-47-44-41-38-27-24-21-18-15-12-9-6-3)73-67(70)61-58-55-52-49-46-43-40-36-29-26-23-20-17-14-11-8-5-2/h8-9,11-12,17-18,20-22,25-27,29-31,33-34,38,40,43,49,52,64H,4-7,10,13-16,19,23-24,28,32,35-37,39,41-42,44-48,50-51,53-63H2,1-3H3/b11-8-,12-9-,20-17-,21-18-,25-22-,29-26-,31-30-,34-33-,38-27-,43-40-,52-49-. The van der Waals surface area contributed by atoms with Crippen LogP contribution in [0.5, 0.6) is 0 Å². The first-order valence-electron chi connectivity index (χ1n) is 29.7. The Kier molecular flexibility index (Phi) is 56.4. The molecular formula is C67H108O6. The summed E-state index contributed by atoms with van der Waals surface area (Å²) < 4.78 is 16.8. The number of carbonyl (C=O) groups excluding carboxylic acids is 3. The van der Waals surface area contributed by atoms with Gasteiger partial charge in [0.1, 0.15) is 13.2 Å². The second-order valence-corrected chi connectivity index (χ2v) is 19.1. The van der Waals surface area contributed by atoms with Gasteiger partial charge >= 0.3 is 17.9 Å². The number of ether oxygens (including phenoxy) is 3. The predicted octanol–water partition coefficient (Wildman–Crippen LogP) is 20.2. The fraction of sp³-hybridized carbons (Fsp3) is 0.627. The molecule has 0 aromatic rings. The average molecular weight is 1010 g/mol. The first kappa shape index (κ1) is 68.6. The molecule has 6 nitrogen and oxygen atoms in total. The highest BCUT2D eigenvalue weighted by molar-refractivity contribution is 5.71. The molecule has 0 N–H and O–H groups in total. The van der Waals surface area contributed by atoms with Crippen LogP contribution in [0.15, 0.2) is 134 Å². The largest absolute Gasteiger partial charge is 0.462 e. The lowest BCUT2D eigenvalue weighted by Gasteiger charge is -2.18. The smallest absolute Gasteiger partial charge is 0.306 e. The molecule has 0 aliphatic heterocycles. The van der Waals surface area contributed by atoms with Gasteiger partial charge in [-0.2, -0.15) is 0 Å². The van der Waals surface area contributed by atoms with Gasteiger partial charge in [0.25, 0.3) is 0 Å². The Morgan fingerprint density at radius 3 is 0.877 bits per heavy atom. The van der Waals surface area contributed by atoms with Gasteiger partial charge in [-0.3, -0.25) is 14.4 Å². The second kappa shape index (κ2) is 60.1. The zero-order valence-electron chi connectivity index (χ0n) is 47.1. The second-order valence-electron chi connectivity index (χ2n) is 19.1. The van der Waals surface area contributed by atoms with Crippen molar-refractivity contribution < 1.29 is 28.6 Å². The highest BCUT2D eigenvalue weighted by atomic mass is 16.6. The van der Waals surface area contributed by atoms with Gasteiger partial charge in [-0.1, -0.05) is 238 Å². The predicted molar refractivity (Wildman–Crippen MR) is 316 cm³/mol. The lowest BCUT2D eigenvalue weighted by molar-refractivity contribution is -0.167. The number of rotatable bonds is 52. The minimum Gasteiger partial charge on any atom is -0.462 e. The van der Waals surface area contributed by atoms with Crippen LogP contribution in [0.2, 0.25) is 0 Å². The Balaban J connectivity index is 4.49. The van der Waals surface area contributed by atoms with Crippen molar-refractivity contribution in [1.82, 2.24) is 0 Å². The molecule has 412 valence electrons. The molecule has 0 radical (unpaired) electrons. The van der Waals surface area contributed by atoms with Crippen molar-refractivity contribution in [2.45, 2.75) is 258 Å². The van der Waals surface area contributed by atoms with Gasteiger partial charge in [-0.05, 0) is 128 Å². The van der Waals surface area contributed by atoms with Crippen LogP contribution in [0.3, 0.4) is 0 Å². The number of hydrogen-bond donors (Lipinski definition) is 0. The molecule has 0 heterocycles. The Labute approximate surface area is 449 Å². The van der Waals surface area contributed by atoms with Gasteiger partial charge in [-0.25, -0.2) is 0 Å². The van der Waals surface area contributed by atoms with Crippen LogP contribution in [0.25, 0.3) is 0 Å². The maximum absolute atomic E-state index is 12.8. The molecule has 0 aliphatic carbocycles. The van der Waals surface area contributed by atoms with E-state index in [0.29, 0.717) is 19.3 Å². The monoisotopic (exact) mass is 1010 g/mol. The third kappa shape index (κ3) is 58.3. The summed E-state index contributed by atoms with van der Waals surface area (Å²) in [6.45, 7) is 6.33. The maximum atomic E-state index is 12.8. The van der Waals surface area contributed by atoms with E-state index in [-0.39, 0.29) is 37.5 Å². The van der Waals surface area contributed by atoms with Crippen molar-refractivity contribution in [3.8, 4) is 0 Å². The topological polar surface area (TPSA) is 78.9 Å². The van der Waals surface area contributed by atoms with E-state index in [1.807, 2.05) is 0 Å². The van der Waals surface area contributed by atoms with Gasteiger partial charge in [-0.15, -0.1) is 0 Å². The third-order valence-corrected chi connectivity index (χ3v) is 12.1. The van der Waals surface area contributed by atoms with Crippen LogP contribution >= 0.6 is 0 Å².